The summed E-state index contributed by atoms with van der Waals surface area (Å²) in [5, 5.41) is 15.1. The van der Waals surface area contributed by atoms with Gasteiger partial charge in [-0.1, -0.05) is 12.1 Å². The summed E-state index contributed by atoms with van der Waals surface area (Å²) in [6.07, 6.45) is 4.38. The van der Waals surface area contributed by atoms with Crippen LogP contribution in [0.25, 0.3) is 10.9 Å². The molecular weight excluding hydrogens is 284 g/mol. The number of rotatable bonds is 5. The third-order valence-electron chi connectivity index (χ3n) is 3.21. The van der Waals surface area contributed by atoms with Gasteiger partial charge in [0.1, 0.15) is 5.76 Å². The minimum Gasteiger partial charge on any atom is -0.467 e. The summed E-state index contributed by atoms with van der Waals surface area (Å²) < 4.78 is 5.23. The highest BCUT2D eigenvalue weighted by atomic mass is 32.1. The van der Waals surface area contributed by atoms with Crippen LogP contribution >= 0.6 is 12.2 Å². The topological polar surface area (TPSA) is 65.9 Å². The van der Waals surface area contributed by atoms with Crippen LogP contribution in [0.2, 0.25) is 0 Å². The first-order valence-corrected chi connectivity index (χ1v) is 7.18. The van der Waals surface area contributed by atoms with E-state index in [0.29, 0.717) is 11.7 Å². The molecule has 3 N–H and O–H groups in total. The highest BCUT2D eigenvalue weighted by molar-refractivity contribution is 7.80. The highest BCUT2D eigenvalue weighted by Gasteiger charge is 2.00. The lowest BCUT2D eigenvalue weighted by Gasteiger charge is -2.09. The summed E-state index contributed by atoms with van der Waals surface area (Å²) in [6, 6.07) is 10.1. The van der Waals surface area contributed by atoms with Crippen molar-refractivity contribution in [2.75, 3.05) is 6.54 Å². The maximum atomic E-state index is 5.23. The van der Waals surface area contributed by atoms with Gasteiger partial charge in [-0.15, -0.1) is 0 Å². The minimum absolute atomic E-state index is 0.596. The van der Waals surface area contributed by atoms with Crippen LogP contribution in [-0.2, 0) is 13.0 Å². The van der Waals surface area contributed by atoms with Gasteiger partial charge >= 0.3 is 0 Å². The molecule has 0 radical (unpaired) electrons. The lowest BCUT2D eigenvalue weighted by atomic mass is 10.1. The van der Waals surface area contributed by atoms with Gasteiger partial charge in [-0.05, 0) is 42.4 Å². The summed E-state index contributed by atoms with van der Waals surface area (Å²) in [6.45, 7) is 1.38. The highest BCUT2D eigenvalue weighted by Crippen LogP contribution is 2.12. The molecule has 0 atom stereocenters. The second-order valence-corrected chi connectivity index (χ2v) is 5.14. The molecule has 3 aromatic rings. The fourth-order valence-electron chi connectivity index (χ4n) is 2.10. The van der Waals surface area contributed by atoms with Gasteiger partial charge in [-0.3, -0.25) is 5.10 Å². The molecule has 0 amide bonds. The van der Waals surface area contributed by atoms with Crippen molar-refractivity contribution in [3.63, 3.8) is 0 Å². The number of furan rings is 1. The molecule has 21 heavy (non-hydrogen) atoms. The number of benzene rings is 1. The van der Waals surface area contributed by atoms with Crippen LogP contribution in [0, 0.1) is 0 Å². The van der Waals surface area contributed by atoms with Gasteiger partial charge in [0.25, 0.3) is 0 Å². The fourth-order valence-corrected chi connectivity index (χ4v) is 2.28. The van der Waals surface area contributed by atoms with Crippen molar-refractivity contribution in [2.45, 2.75) is 13.0 Å². The van der Waals surface area contributed by atoms with E-state index in [1.54, 1.807) is 6.26 Å². The third-order valence-corrected chi connectivity index (χ3v) is 3.50. The molecule has 3 rings (SSSR count). The van der Waals surface area contributed by atoms with Crippen molar-refractivity contribution in [1.29, 1.82) is 0 Å². The van der Waals surface area contributed by atoms with E-state index in [-0.39, 0.29) is 0 Å². The van der Waals surface area contributed by atoms with Crippen LogP contribution in [-0.4, -0.2) is 21.9 Å². The van der Waals surface area contributed by atoms with Crippen molar-refractivity contribution in [3.8, 4) is 0 Å². The number of fused-ring (bicyclic) bond motifs is 1. The summed E-state index contributed by atoms with van der Waals surface area (Å²) >= 11 is 5.23. The lowest BCUT2D eigenvalue weighted by molar-refractivity contribution is 0.502. The van der Waals surface area contributed by atoms with Crippen molar-refractivity contribution in [2.24, 2.45) is 0 Å². The molecule has 6 heteroatoms. The Balaban J connectivity index is 1.43. The SMILES string of the molecule is S=C(NCCc1ccc2cn[nH]c2c1)NCc1ccco1. The Morgan fingerprint density at radius 2 is 2.24 bits per heavy atom. The van der Waals surface area contributed by atoms with Crippen LogP contribution in [0.3, 0.4) is 0 Å². The molecule has 0 spiro atoms. The molecule has 1 aromatic carbocycles. The predicted molar refractivity (Wildman–Crippen MR) is 85.9 cm³/mol. The normalized spacial score (nSPS) is 10.7. The van der Waals surface area contributed by atoms with Gasteiger partial charge in [0.15, 0.2) is 5.11 Å². The van der Waals surface area contributed by atoms with Gasteiger partial charge in [0.2, 0.25) is 0 Å². The van der Waals surface area contributed by atoms with E-state index in [2.05, 4.69) is 39.0 Å². The number of aromatic nitrogens is 2. The van der Waals surface area contributed by atoms with Crippen LogP contribution in [0.1, 0.15) is 11.3 Å². The molecule has 2 heterocycles. The maximum Gasteiger partial charge on any atom is 0.166 e. The molecule has 0 saturated carbocycles. The first kappa shape index (κ1) is 13.6. The molecule has 0 unspecified atom stereocenters. The third kappa shape index (κ3) is 3.61. The summed E-state index contributed by atoms with van der Waals surface area (Å²) in [5.41, 5.74) is 2.30. The predicted octanol–water partition coefficient (Wildman–Crippen LogP) is 2.36. The first-order valence-electron chi connectivity index (χ1n) is 6.77. The lowest BCUT2D eigenvalue weighted by Crippen LogP contribution is -2.35. The second-order valence-electron chi connectivity index (χ2n) is 4.73. The molecule has 0 aliphatic rings. The van der Waals surface area contributed by atoms with Crippen LogP contribution in [0.5, 0.6) is 0 Å². The van der Waals surface area contributed by atoms with Gasteiger partial charge in [0.05, 0.1) is 24.5 Å². The first-order chi connectivity index (χ1) is 10.3. The Morgan fingerprint density at radius 3 is 3.10 bits per heavy atom. The van der Waals surface area contributed by atoms with Gasteiger partial charge < -0.3 is 15.1 Å². The van der Waals surface area contributed by atoms with Crippen molar-refractivity contribution >= 4 is 28.2 Å². The molecular formula is C15H16N4OS. The Bertz CT molecular complexity index is 720. The van der Waals surface area contributed by atoms with E-state index < -0.39 is 0 Å². The number of thiocarbonyl (C=S) groups is 1. The van der Waals surface area contributed by atoms with Crippen molar-refractivity contribution in [3.05, 3.63) is 54.1 Å². The van der Waals surface area contributed by atoms with Crippen molar-refractivity contribution < 1.29 is 4.42 Å². The van der Waals surface area contributed by atoms with Crippen LogP contribution < -0.4 is 10.6 Å². The van der Waals surface area contributed by atoms with Crippen LogP contribution in [0.15, 0.2) is 47.2 Å². The summed E-state index contributed by atoms with van der Waals surface area (Å²) in [4.78, 5) is 0. The number of nitrogens with zero attached hydrogens (tertiary/aromatic N) is 1. The molecule has 5 nitrogen and oxygen atoms in total. The Labute approximate surface area is 127 Å². The molecule has 0 bridgehead atoms. The van der Waals surface area contributed by atoms with Gasteiger partial charge in [0, 0.05) is 11.9 Å². The van der Waals surface area contributed by atoms with Crippen molar-refractivity contribution in [1.82, 2.24) is 20.8 Å². The van der Waals surface area contributed by atoms with Crippen LogP contribution in [0.4, 0.5) is 0 Å². The van der Waals surface area contributed by atoms with Gasteiger partial charge in [-0.2, -0.15) is 5.10 Å². The monoisotopic (exact) mass is 300 g/mol. The summed E-state index contributed by atoms with van der Waals surface area (Å²) in [5.74, 6) is 0.865. The van der Waals surface area contributed by atoms with Gasteiger partial charge in [-0.25, -0.2) is 0 Å². The van der Waals surface area contributed by atoms with E-state index >= 15 is 0 Å². The largest absolute Gasteiger partial charge is 0.467 e. The second kappa shape index (κ2) is 6.41. The number of hydrogen-bond donors (Lipinski definition) is 3. The smallest absolute Gasteiger partial charge is 0.166 e. The molecule has 0 aliphatic carbocycles. The zero-order valence-corrected chi connectivity index (χ0v) is 12.2. The maximum absolute atomic E-state index is 5.23. The molecule has 0 aliphatic heterocycles. The number of nitrogens with one attached hydrogen (secondary N) is 3. The molecule has 2 aromatic heterocycles. The Hall–Kier alpha value is -2.34. The Kier molecular flexibility index (Phi) is 4.16. The molecule has 0 saturated heterocycles. The average Bonchev–Trinajstić information content (AvgIpc) is 3.16. The van der Waals surface area contributed by atoms with E-state index in [0.717, 1.165) is 29.6 Å². The zero-order chi connectivity index (χ0) is 14.5. The quantitative estimate of drug-likeness (QED) is 0.631. The summed E-state index contributed by atoms with van der Waals surface area (Å²) in [7, 11) is 0. The number of hydrogen-bond acceptors (Lipinski definition) is 3. The number of aromatic amines is 1. The molecule has 108 valence electrons. The average molecular weight is 300 g/mol. The minimum atomic E-state index is 0.596. The van der Waals surface area contributed by atoms with E-state index in [9.17, 15) is 0 Å². The fraction of sp³-hybridized carbons (Fsp3) is 0.200. The van der Waals surface area contributed by atoms with E-state index in [4.69, 9.17) is 16.6 Å². The molecule has 0 fully saturated rings. The number of H-pyrrole nitrogens is 1. The van der Waals surface area contributed by atoms with E-state index in [1.807, 2.05) is 18.3 Å². The zero-order valence-electron chi connectivity index (χ0n) is 11.4. The van der Waals surface area contributed by atoms with E-state index in [1.165, 1.54) is 5.56 Å². The standard InChI is InChI=1S/C15H16N4OS/c21-15(17-10-13-2-1-7-20-13)16-6-5-11-3-4-12-9-18-19-14(12)8-11/h1-4,7-9H,5-6,10H2,(H,18,19)(H2,16,17,21). The Morgan fingerprint density at radius 1 is 1.29 bits per heavy atom.